The van der Waals surface area contributed by atoms with E-state index in [-0.39, 0.29) is 29.5 Å². The Morgan fingerprint density at radius 2 is 1.90 bits per heavy atom. The number of Topliss-reactive ketones (excluding diaryl/α,β-unsaturated/α-hetero) is 2. The first-order valence-electron chi connectivity index (χ1n) is 11.1. The van der Waals surface area contributed by atoms with Crippen molar-refractivity contribution < 1.29 is 19.1 Å². The van der Waals surface area contributed by atoms with Crippen molar-refractivity contribution in [3.63, 3.8) is 0 Å². The van der Waals surface area contributed by atoms with Crippen LogP contribution in [0.4, 0.5) is 0 Å². The zero-order valence-electron chi connectivity index (χ0n) is 19.1. The predicted molar refractivity (Wildman–Crippen MR) is 117 cm³/mol. The van der Waals surface area contributed by atoms with Gasteiger partial charge in [0.2, 0.25) is 5.91 Å². The fourth-order valence-corrected chi connectivity index (χ4v) is 4.13. The van der Waals surface area contributed by atoms with Gasteiger partial charge in [-0.2, -0.15) is 0 Å². The lowest BCUT2D eigenvalue weighted by Gasteiger charge is -2.30. The SMILES string of the molecule is CCc1c(C(=O)CN2CCC(C(=O)NCCCOC(C)C)CC2)[nH]c(C)c1C(C)=O. The summed E-state index contributed by atoms with van der Waals surface area (Å²) in [6.07, 6.45) is 3.18. The summed E-state index contributed by atoms with van der Waals surface area (Å²) in [7, 11) is 0. The highest BCUT2D eigenvalue weighted by Crippen LogP contribution is 2.22. The molecule has 1 amide bonds. The molecule has 0 spiro atoms. The zero-order valence-corrected chi connectivity index (χ0v) is 19.1. The highest BCUT2D eigenvalue weighted by atomic mass is 16.5. The molecule has 0 bridgehead atoms. The maximum Gasteiger partial charge on any atom is 0.223 e. The van der Waals surface area contributed by atoms with Crippen LogP contribution in [0, 0.1) is 12.8 Å². The number of ketones is 2. The molecule has 0 aliphatic carbocycles. The van der Waals surface area contributed by atoms with Crippen LogP contribution in [0.1, 0.15) is 79.1 Å². The molecule has 168 valence electrons. The summed E-state index contributed by atoms with van der Waals surface area (Å²) in [5.41, 5.74) is 2.79. The Kier molecular flexibility index (Phi) is 9.24. The minimum atomic E-state index is -0.0118. The standard InChI is InChI=1S/C23H37N3O4/c1-6-19-21(17(5)27)16(4)25-22(19)20(28)14-26-11-8-18(9-12-26)23(29)24-10-7-13-30-15(2)3/h15,18,25H,6-14H2,1-5H3,(H,24,29). The average molecular weight is 420 g/mol. The van der Waals surface area contributed by atoms with Gasteiger partial charge in [0, 0.05) is 30.3 Å². The van der Waals surface area contributed by atoms with Crippen LogP contribution in [-0.2, 0) is 16.0 Å². The van der Waals surface area contributed by atoms with E-state index >= 15 is 0 Å². The van der Waals surface area contributed by atoms with Crippen LogP contribution in [0.15, 0.2) is 0 Å². The number of aromatic amines is 1. The summed E-state index contributed by atoms with van der Waals surface area (Å²) in [5, 5.41) is 3.00. The molecule has 1 saturated heterocycles. The number of aromatic nitrogens is 1. The van der Waals surface area contributed by atoms with Crippen molar-refractivity contribution in [3.05, 3.63) is 22.5 Å². The van der Waals surface area contributed by atoms with Crippen LogP contribution in [0.2, 0.25) is 0 Å². The largest absolute Gasteiger partial charge is 0.379 e. The van der Waals surface area contributed by atoms with Gasteiger partial charge in [-0.3, -0.25) is 19.3 Å². The molecule has 1 aromatic heterocycles. The highest BCUT2D eigenvalue weighted by Gasteiger charge is 2.27. The highest BCUT2D eigenvalue weighted by molar-refractivity contribution is 6.04. The number of carbonyl (C=O) groups is 3. The van der Waals surface area contributed by atoms with E-state index in [0.29, 0.717) is 37.4 Å². The van der Waals surface area contributed by atoms with E-state index < -0.39 is 0 Å². The van der Waals surface area contributed by atoms with Crippen LogP contribution >= 0.6 is 0 Å². The molecule has 7 nitrogen and oxygen atoms in total. The Labute approximate surface area is 179 Å². The maximum atomic E-state index is 12.9. The first-order valence-corrected chi connectivity index (χ1v) is 11.1. The van der Waals surface area contributed by atoms with Gasteiger partial charge in [0.05, 0.1) is 18.3 Å². The molecule has 2 heterocycles. The third-order valence-corrected chi connectivity index (χ3v) is 5.67. The molecule has 30 heavy (non-hydrogen) atoms. The topological polar surface area (TPSA) is 91.5 Å². The molecule has 2 rings (SSSR count). The lowest BCUT2D eigenvalue weighted by molar-refractivity contribution is -0.126. The normalized spacial score (nSPS) is 15.5. The molecule has 2 N–H and O–H groups in total. The van der Waals surface area contributed by atoms with Crippen LogP contribution in [0.5, 0.6) is 0 Å². The number of hydrogen-bond donors (Lipinski definition) is 2. The van der Waals surface area contributed by atoms with Gasteiger partial charge in [0.1, 0.15) is 0 Å². The summed E-state index contributed by atoms with van der Waals surface area (Å²) in [6.45, 7) is 12.4. The number of piperidine rings is 1. The molecular weight excluding hydrogens is 382 g/mol. The molecule has 0 saturated carbocycles. The first kappa shape index (κ1) is 24.3. The van der Waals surface area contributed by atoms with Crippen molar-refractivity contribution in [2.45, 2.75) is 66.4 Å². The fraction of sp³-hybridized carbons (Fsp3) is 0.696. The number of hydrogen-bond acceptors (Lipinski definition) is 5. The average Bonchev–Trinajstić information content (AvgIpc) is 3.04. The number of likely N-dealkylation sites (tertiary alicyclic amines) is 1. The van der Waals surface area contributed by atoms with E-state index in [9.17, 15) is 14.4 Å². The van der Waals surface area contributed by atoms with Gasteiger partial charge in [-0.15, -0.1) is 0 Å². The second kappa shape index (κ2) is 11.4. The van der Waals surface area contributed by atoms with Gasteiger partial charge in [0.15, 0.2) is 11.6 Å². The monoisotopic (exact) mass is 419 g/mol. The van der Waals surface area contributed by atoms with Crippen molar-refractivity contribution in [1.82, 2.24) is 15.2 Å². The number of carbonyl (C=O) groups excluding carboxylic acids is 3. The number of nitrogens with one attached hydrogen (secondary N) is 2. The third kappa shape index (κ3) is 6.51. The first-order chi connectivity index (χ1) is 14.2. The molecule has 1 aliphatic rings. The van der Waals surface area contributed by atoms with E-state index in [1.54, 1.807) is 0 Å². The lowest BCUT2D eigenvalue weighted by atomic mass is 9.95. The fourth-order valence-electron chi connectivity index (χ4n) is 4.13. The van der Waals surface area contributed by atoms with Gasteiger partial charge >= 0.3 is 0 Å². The van der Waals surface area contributed by atoms with Gasteiger partial charge in [-0.05, 0) is 72.0 Å². The molecular formula is C23H37N3O4. The summed E-state index contributed by atoms with van der Waals surface area (Å²) in [5.74, 6) is 0.105. The Hall–Kier alpha value is -1.99. The summed E-state index contributed by atoms with van der Waals surface area (Å²) >= 11 is 0. The lowest BCUT2D eigenvalue weighted by Crippen LogP contribution is -2.42. The van der Waals surface area contributed by atoms with E-state index in [0.717, 1.165) is 43.6 Å². The Morgan fingerprint density at radius 1 is 1.23 bits per heavy atom. The third-order valence-electron chi connectivity index (χ3n) is 5.67. The summed E-state index contributed by atoms with van der Waals surface area (Å²) < 4.78 is 5.48. The molecule has 0 radical (unpaired) electrons. The molecule has 0 atom stereocenters. The minimum Gasteiger partial charge on any atom is -0.379 e. The maximum absolute atomic E-state index is 12.9. The molecule has 7 heteroatoms. The van der Waals surface area contributed by atoms with Crippen LogP contribution in [0.25, 0.3) is 0 Å². The predicted octanol–water partition coefficient (Wildman–Crippen LogP) is 2.91. The van der Waals surface area contributed by atoms with E-state index in [4.69, 9.17) is 4.74 Å². The molecule has 0 aromatic carbocycles. The second-order valence-corrected chi connectivity index (χ2v) is 8.43. The van der Waals surface area contributed by atoms with Crippen LogP contribution < -0.4 is 5.32 Å². The second-order valence-electron chi connectivity index (χ2n) is 8.43. The number of aryl methyl sites for hydroxylation is 1. The molecule has 1 aliphatic heterocycles. The molecule has 0 unspecified atom stereocenters. The number of nitrogens with zero attached hydrogens (tertiary/aromatic N) is 1. The molecule has 1 aromatic rings. The van der Waals surface area contributed by atoms with Crippen molar-refractivity contribution in [3.8, 4) is 0 Å². The molecule has 1 fully saturated rings. The number of ether oxygens (including phenoxy) is 1. The quantitative estimate of drug-likeness (QED) is 0.425. The van der Waals surface area contributed by atoms with Crippen molar-refractivity contribution in [1.29, 1.82) is 0 Å². The van der Waals surface area contributed by atoms with Gasteiger partial charge in [-0.25, -0.2) is 0 Å². The minimum absolute atomic E-state index is 0.00520. The van der Waals surface area contributed by atoms with Crippen molar-refractivity contribution in [2.24, 2.45) is 5.92 Å². The smallest absolute Gasteiger partial charge is 0.223 e. The van der Waals surface area contributed by atoms with E-state index in [1.165, 1.54) is 6.92 Å². The van der Waals surface area contributed by atoms with Crippen LogP contribution in [0.3, 0.4) is 0 Å². The van der Waals surface area contributed by atoms with E-state index in [2.05, 4.69) is 15.2 Å². The summed E-state index contributed by atoms with van der Waals surface area (Å²) in [4.78, 5) is 42.4. The van der Waals surface area contributed by atoms with Crippen molar-refractivity contribution >= 4 is 17.5 Å². The zero-order chi connectivity index (χ0) is 22.3. The summed E-state index contributed by atoms with van der Waals surface area (Å²) in [6, 6.07) is 0. The Balaban J connectivity index is 1.81. The van der Waals surface area contributed by atoms with Gasteiger partial charge in [-0.1, -0.05) is 6.92 Å². The Morgan fingerprint density at radius 3 is 2.47 bits per heavy atom. The van der Waals surface area contributed by atoms with Crippen LogP contribution in [-0.4, -0.2) is 66.2 Å². The Bertz CT molecular complexity index is 746. The number of rotatable bonds is 11. The van der Waals surface area contributed by atoms with Crippen molar-refractivity contribution in [2.75, 3.05) is 32.8 Å². The van der Waals surface area contributed by atoms with E-state index in [1.807, 2.05) is 27.7 Å². The number of H-pyrrole nitrogens is 1. The van der Waals surface area contributed by atoms with Gasteiger partial charge in [0.25, 0.3) is 0 Å². The van der Waals surface area contributed by atoms with Gasteiger partial charge < -0.3 is 15.0 Å². The number of amides is 1.